The van der Waals surface area contributed by atoms with Crippen molar-refractivity contribution in [3.05, 3.63) is 22.8 Å². The van der Waals surface area contributed by atoms with Crippen molar-refractivity contribution in [2.75, 3.05) is 0 Å². The smallest absolute Gasteiger partial charge is 0.335 e. The molecule has 1 aliphatic heterocycles. The monoisotopic (exact) mass is 334 g/mol. The zero-order valence-electron chi connectivity index (χ0n) is 15.1. The highest BCUT2D eigenvalue weighted by molar-refractivity contribution is 6.03. The Kier molecular flexibility index (Phi) is 4.86. The topological polar surface area (TPSA) is 80.7 Å². The average Bonchev–Trinajstić information content (AvgIpc) is 2.76. The molecule has 0 aromatic rings. The fourth-order valence-corrected chi connectivity index (χ4v) is 3.78. The van der Waals surface area contributed by atoms with Crippen molar-refractivity contribution < 1.29 is 24.2 Å². The van der Waals surface area contributed by atoms with Gasteiger partial charge in [-0.3, -0.25) is 9.59 Å². The Morgan fingerprint density at radius 2 is 1.96 bits per heavy atom. The molecule has 0 radical (unpaired) electrons. The van der Waals surface area contributed by atoms with Gasteiger partial charge in [-0.15, -0.1) is 0 Å². The maximum atomic E-state index is 13.2. The van der Waals surface area contributed by atoms with Crippen LogP contribution < -0.4 is 0 Å². The van der Waals surface area contributed by atoms with E-state index in [0.29, 0.717) is 24.0 Å². The standard InChI is InChI=1S/C19H26O5/c1-11(2)6-7-18(5)16(22)13(4)14(8-12(3)20)9-19(18)10-15(21)17(23)24-19/h6,15,21H,7-10H2,1-5H3. The highest BCUT2D eigenvalue weighted by atomic mass is 16.6. The molecule has 132 valence electrons. The molecule has 1 aliphatic carbocycles. The molecule has 2 aliphatic rings. The average molecular weight is 334 g/mol. The number of ketones is 2. The van der Waals surface area contributed by atoms with E-state index < -0.39 is 23.1 Å². The van der Waals surface area contributed by atoms with Crippen LogP contribution in [0.25, 0.3) is 0 Å². The van der Waals surface area contributed by atoms with Crippen LogP contribution in [0, 0.1) is 5.41 Å². The molecule has 3 unspecified atom stereocenters. The third-order valence-corrected chi connectivity index (χ3v) is 5.35. The number of Topliss-reactive ketones (excluding diaryl/α,β-unsaturated/α-hetero) is 2. The first-order valence-corrected chi connectivity index (χ1v) is 8.29. The van der Waals surface area contributed by atoms with Crippen LogP contribution in [0.5, 0.6) is 0 Å². The fraction of sp³-hybridized carbons (Fsp3) is 0.632. The number of hydrogen-bond acceptors (Lipinski definition) is 5. The van der Waals surface area contributed by atoms with Crippen molar-refractivity contribution >= 4 is 17.5 Å². The lowest BCUT2D eigenvalue weighted by Gasteiger charge is -2.47. The zero-order chi connectivity index (χ0) is 18.3. The van der Waals surface area contributed by atoms with Gasteiger partial charge < -0.3 is 9.84 Å². The minimum absolute atomic E-state index is 0.0370. The van der Waals surface area contributed by atoms with Crippen LogP contribution in [0.1, 0.15) is 60.3 Å². The Morgan fingerprint density at radius 3 is 2.42 bits per heavy atom. The highest BCUT2D eigenvalue weighted by Crippen LogP contribution is 2.54. The van der Waals surface area contributed by atoms with E-state index in [9.17, 15) is 19.5 Å². The van der Waals surface area contributed by atoms with E-state index in [0.717, 1.165) is 5.57 Å². The minimum Gasteiger partial charge on any atom is -0.456 e. The van der Waals surface area contributed by atoms with Crippen molar-refractivity contribution in [3.8, 4) is 0 Å². The summed E-state index contributed by atoms with van der Waals surface area (Å²) in [7, 11) is 0. The van der Waals surface area contributed by atoms with Gasteiger partial charge in [0.1, 0.15) is 11.4 Å². The molecule has 0 saturated carbocycles. The molecular weight excluding hydrogens is 308 g/mol. The van der Waals surface area contributed by atoms with E-state index in [-0.39, 0.29) is 24.4 Å². The van der Waals surface area contributed by atoms with E-state index in [1.165, 1.54) is 6.92 Å². The Labute approximate surface area is 142 Å². The molecule has 24 heavy (non-hydrogen) atoms. The van der Waals surface area contributed by atoms with Gasteiger partial charge in [-0.1, -0.05) is 17.2 Å². The Balaban J connectivity index is 2.56. The lowest BCUT2D eigenvalue weighted by atomic mass is 9.58. The Morgan fingerprint density at radius 1 is 1.33 bits per heavy atom. The maximum absolute atomic E-state index is 13.2. The molecule has 1 fully saturated rings. The van der Waals surface area contributed by atoms with Crippen LogP contribution >= 0.6 is 0 Å². The molecule has 0 aromatic heterocycles. The predicted molar refractivity (Wildman–Crippen MR) is 89.2 cm³/mol. The van der Waals surface area contributed by atoms with Gasteiger partial charge in [-0.05, 0) is 46.6 Å². The number of carbonyl (C=O) groups excluding carboxylic acids is 3. The summed E-state index contributed by atoms with van der Waals surface area (Å²) in [5.41, 5.74) is 0.334. The second-order valence-electron chi connectivity index (χ2n) is 7.57. The van der Waals surface area contributed by atoms with Crippen molar-refractivity contribution in [1.82, 2.24) is 0 Å². The summed E-state index contributed by atoms with van der Waals surface area (Å²) < 4.78 is 5.60. The summed E-state index contributed by atoms with van der Waals surface area (Å²) in [4.78, 5) is 36.6. The largest absolute Gasteiger partial charge is 0.456 e. The molecule has 1 saturated heterocycles. The van der Waals surface area contributed by atoms with Crippen LogP contribution in [0.15, 0.2) is 22.8 Å². The first kappa shape index (κ1) is 18.6. The molecule has 1 heterocycles. The third-order valence-electron chi connectivity index (χ3n) is 5.35. The van der Waals surface area contributed by atoms with E-state index in [1.54, 1.807) is 13.8 Å². The first-order chi connectivity index (χ1) is 11.0. The molecule has 5 nitrogen and oxygen atoms in total. The molecular formula is C19H26O5. The summed E-state index contributed by atoms with van der Waals surface area (Å²) in [6, 6.07) is 0. The SMILES string of the molecule is CC(=O)CC1=C(C)C(=O)C(C)(CC=C(C)C)C2(C1)CC(O)C(=O)O2. The molecule has 2 rings (SSSR count). The lowest BCUT2D eigenvalue weighted by Crippen LogP contribution is -2.54. The normalized spacial score (nSPS) is 33.0. The number of rotatable bonds is 4. The van der Waals surface area contributed by atoms with Gasteiger partial charge in [0.25, 0.3) is 0 Å². The summed E-state index contributed by atoms with van der Waals surface area (Å²) in [6.45, 7) is 8.91. The van der Waals surface area contributed by atoms with E-state index in [4.69, 9.17) is 4.74 Å². The Bertz CT molecular complexity index is 653. The lowest BCUT2D eigenvalue weighted by molar-refractivity contribution is -0.167. The van der Waals surface area contributed by atoms with Crippen molar-refractivity contribution in [2.24, 2.45) is 5.41 Å². The number of aliphatic hydroxyl groups is 1. The molecule has 5 heteroatoms. The predicted octanol–water partition coefficient (Wildman–Crippen LogP) is 2.66. The van der Waals surface area contributed by atoms with Gasteiger partial charge >= 0.3 is 5.97 Å². The molecule has 3 atom stereocenters. The second-order valence-corrected chi connectivity index (χ2v) is 7.57. The number of esters is 1. The van der Waals surface area contributed by atoms with E-state index in [2.05, 4.69) is 0 Å². The van der Waals surface area contributed by atoms with Crippen molar-refractivity contribution in [3.63, 3.8) is 0 Å². The first-order valence-electron chi connectivity index (χ1n) is 8.29. The van der Waals surface area contributed by atoms with Crippen LogP contribution in [-0.2, 0) is 19.1 Å². The molecule has 1 spiro atoms. The van der Waals surface area contributed by atoms with Gasteiger partial charge in [0, 0.05) is 19.3 Å². The summed E-state index contributed by atoms with van der Waals surface area (Å²) in [6.07, 6.45) is 1.74. The fourth-order valence-electron chi connectivity index (χ4n) is 3.78. The van der Waals surface area contributed by atoms with Crippen molar-refractivity contribution in [1.29, 1.82) is 0 Å². The van der Waals surface area contributed by atoms with Crippen molar-refractivity contribution in [2.45, 2.75) is 72.0 Å². The van der Waals surface area contributed by atoms with Gasteiger partial charge in [0.05, 0.1) is 5.41 Å². The summed E-state index contributed by atoms with van der Waals surface area (Å²) >= 11 is 0. The molecule has 0 aromatic carbocycles. The van der Waals surface area contributed by atoms with Crippen LogP contribution in [-0.4, -0.2) is 34.3 Å². The maximum Gasteiger partial charge on any atom is 0.335 e. The molecule has 0 amide bonds. The quantitative estimate of drug-likeness (QED) is 0.631. The number of aliphatic hydroxyl groups excluding tert-OH is 1. The van der Waals surface area contributed by atoms with E-state index >= 15 is 0 Å². The van der Waals surface area contributed by atoms with E-state index in [1.807, 2.05) is 19.9 Å². The van der Waals surface area contributed by atoms with Crippen LogP contribution in [0.3, 0.4) is 0 Å². The molecule has 0 bridgehead atoms. The second kappa shape index (κ2) is 6.28. The van der Waals surface area contributed by atoms with Crippen LogP contribution in [0.4, 0.5) is 0 Å². The van der Waals surface area contributed by atoms with Gasteiger partial charge in [-0.25, -0.2) is 4.79 Å². The zero-order valence-corrected chi connectivity index (χ0v) is 15.1. The minimum atomic E-state index is -1.22. The third kappa shape index (κ3) is 2.97. The summed E-state index contributed by atoms with van der Waals surface area (Å²) in [5.74, 6) is -0.831. The van der Waals surface area contributed by atoms with Gasteiger partial charge in [-0.2, -0.15) is 0 Å². The summed E-state index contributed by atoms with van der Waals surface area (Å²) in [5, 5.41) is 9.96. The van der Waals surface area contributed by atoms with Gasteiger partial charge in [0.2, 0.25) is 0 Å². The number of ether oxygens (including phenoxy) is 1. The number of carbonyl (C=O) groups is 3. The number of allylic oxidation sites excluding steroid dienone is 3. The Hall–Kier alpha value is -1.75. The van der Waals surface area contributed by atoms with Crippen LogP contribution in [0.2, 0.25) is 0 Å². The number of hydrogen-bond donors (Lipinski definition) is 1. The van der Waals surface area contributed by atoms with Gasteiger partial charge in [0.15, 0.2) is 11.9 Å². The highest BCUT2D eigenvalue weighted by Gasteiger charge is 2.62. The molecule has 1 N–H and O–H groups in total.